The molecule has 27 heavy (non-hydrogen) atoms. The summed E-state index contributed by atoms with van der Waals surface area (Å²) in [4.78, 5) is 29.9. The third-order valence-electron chi connectivity index (χ3n) is 5.18. The van der Waals surface area contributed by atoms with Crippen molar-refractivity contribution in [1.29, 1.82) is 0 Å². The van der Waals surface area contributed by atoms with E-state index in [0.29, 0.717) is 23.7 Å². The van der Waals surface area contributed by atoms with Gasteiger partial charge < -0.3 is 9.80 Å². The van der Waals surface area contributed by atoms with Gasteiger partial charge in [0.1, 0.15) is 0 Å². The SMILES string of the molecule is O=C(c1csnn1)N1CCN2C(=O)c3ccccc3C12c1ccc(Cl)cc1. The lowest BCUT2D eigenvalue weighted by molar-refractivity contribution is 0.0371. The Bertz CT molecular complexity index is 1050. The first-order valence-electron chi connectivity index (χ1n) is 8.40. The topological polar surface area (TPSA) is 66.4 Å². The molecule has 8 heteroatoms. The molecule has 0 saturated carbocycles. The van der Waals surface area contributed by atoms with Gasteiger partial charge in [0.2, 0.25) is 0 Å². The molecule has 0 radical (unpaired) electrons. The Kier molecular flexibility index (Phi) is 3.57. The van der Waals surface area contributed by atoms with Gasteiger partial charge in [-0.25, -0.2) is 0 Å². The van der Waals surface area contributed by atoms with Crippen LogP contribution < -0.4 is 0 Å². The second kappa shape index (κ2) is 5.87. The smallest absolute Gasteiger partial charge is 0.277 e. The van der Waals surface area contributed by atoms with Gasteiger partial charge in [0, 0.05) is 40.2 Å². The molecule has 0 N–H and O–H groups in total. The Balaban J connectivity index is 1.78. The van der Waals surface area contributed by atoms with Crippen molar-refractivity contribution in [2.75, 3.05) is 13.1 Å². The van der Waals surface area contributed by atoms with E-state index < -0.39 is 5.66 Å². The molecule has 2 aromatic carbocycles. The molecule has 0 aliphatic carbocycles. The van der Waals surface area contributed by atoms with E-state index in [0.717, 1.165) is 22.7 Å². The summed E-state index contributed by atoms with van der Waals surface area (Å²) in [5.41, 5.74) is 1.51. The molecule has 0 bridgehead atoms. The van der Waals surface area contributed by atoms with Gasteiger partial charge in [-0.05, 0) is 29.7 Å². The molecule has 0 spiro atoms. The lowest BCUT2D eigenvalue weighted by Gasteiger charge is -2.40. The molecule has 3 aromatic rings. The highest BCUT2D eigenvalue weighted by molar-refractivity contribution is 7.03. The van der Waals surface area contributed by atoms with Crippen molar-refractivity contribution in [2.45, 2.75) is 5.66 Å². The zero-order chi connectivity index (χ0) is 18.6. The fraction of sp³-hybridized carbons (Fsp3) is 0.158. The van der Waals surface area contributed by atoms with Gasteiger partial charge in [0.25, 0.3) is 11.8 Å². The minimum absolute atomic E-state index is 0.0766. The average Bonchev–Trinajstić information content (AvgIpc) is 3.40. The molecule has 3 heterocycles. The van der Waals surface area contributed by atoms with Gasteiger partial charge in [0.15, 0.2) is 11.4 Å². The number of amides is 2. The van der Waals surface area contributed by atoms with Crippen LogP contribution in [0, 0.1) is 0 Å². The van der Waals surface area contributed by atoms with Crippen LogP contribution >= 0.6 is 23.1 Å². The minimum atomic E-state index is -1.00. The molecule has 5 rings (SSSR count). The molecule has 2 aliphatic heterocycles. The monoisotopic (exact) mass is 396 g/mol. The van der Waals surface area contributed by atoms with Gasteiger partial charge in [-0.2, -0.15) is 0 Å². The standard InChI is InChI=1S/C19H13ClN4O2S/c20-13-7-5-12(6-8-13)19-15-4-2-1-3-14(15)17(25)23(19)9-10-24(19)18(26)16-11-27-22-21-16/h1-8,11H,9-10H2. The number of hydrogen-bond acceptors (Lipinski definition) is 5. The number of nitrogens with zero attached hydrogens (tertiary/aromatic N) is 4. The van der Waals surface area contributed by atoms with Gasteiger partial charge in [-0.1, -0.05) is 46.4 Å². The molecule has 2 amide bonds. The molecule has 1 saturated heterocycles. The number of aromatic nitrogens is 2. The summed E-state index contributed by atoms with van der Waals surface area (Å²) in [6, 6.07) is 14.7. The van der Waals surface area contributed by atoms with E-state index >= 15 is 0 Å². The van der Waals surface area contributed by atoms with Crippen LogP contribution in [0.2, 0.25) is 5.02 Å². The first-order chi connectivity index (χ1) is 13.1. The van der Waals surface area contributed by atoms with Crippen LogP contribution in [0.4, 0.5) is 0 Å². The normalized spacial score (nSPS) is 20.7. The lowest BCUT2D eigenvalue weighted by atomic mass is 9.89. The number of halogens is 1. The third-order valence-corrected chi connectivity index (χ3v) is 5.93. The molecule has 134 valence electrons. The van der Waals surface area contributed by atoms with E-state index in [1.807, 2.05) is 30.3 Å². The zero-order valence-electron chi connectivity index (χ0n) is 14.0. The number of carbonyl (C=O) groups is 2. The van der Waals surface area contributed by atoms with Gasteiger partial charge in [0.05, 0.1) is 0 Å². The number of rotatable bonds is 2. The average molecular weight is 397 g/mol. The predicted octanol–water partition coefficient (Wildman–Crippen LogP) is 3.00. The van der Waals surface area contributed by atoms with Crippen molar-refractivity contribution in [2.24, 2.45) is 0 Å². The Hall–Kier alpha value is -2.77. The van der Waals surface area contributed by atoms with Crippen LogP contribution in [0.5, 0.6) is 0 Å². The highest BCUT2D eigenvalue weighted by Crippen LogP contribution is 2.50. The number of carbonyl (C=O) groups excluding carboxylic acids is 2. The second-order valence-corrected chi connectivity index (χ2v) is 7.47. The van der Waals surface area contributed by atoms with E-state index in [-0.39, 0.29) is 17.5 Å². The summed E-state index contributed by atoms with van der Waals surface area (Å²) in [6.45, 7) is 0.860. The van der Waals surface area contributed by atoms with Crippen LogP contribution in [0.25, 0.3) is 0 Å². The number of hydrogen-bond donors (Lipinski definition) is 0. The largest absolute Gasteiger partial charge is 0.306 e. The third kappa shape index (κ3) is 2.12. The summed E-state index contributed by atoms with van der Waals surface area (Å²) < 4.78 is 3.81. The van der Waals surface area contributed by atoms with E-state index in [1.54, 1.807) is 33.4 Å². The maximum atomic E-state index is 13.3. The molecule has 6 nitrogen and oxygen atoms in total. The van der Waals surface area contributed by atoms with Crippen molar-refractivity contribution in [3.63, 3.8) is 0 Å². The Labute approximate surface area is 164 Å². The maximum absolute atomic E-state index is 13.3. The zero-order valence-corrected chi connectivity index (χ0v) is 15.6. The fourth-order valence-corrected chi connectivity index (χ4v) is 4.68. The van der Waals surface area contributed by atoms with Gasteiger partial charge in [-0.15, -0.1) is 5.10 Å². The number of benzene rings is 2. The Morgan fingerprint density at radius 2 is 1.89 bits per heavy atom. The maximum Gasteiger partial charge on any atom is 0.277 e. The number of fused-ring (bicyclic) bond motifs is 3. The molecule has 1 aromatic heterocycles. The first-order valence-corrected chi connectivity index (χ1v) is 9.62. The fourth-order valence-electron chi connectivity index (χ4n) is 4.12. The van der Waals surface area contributed by atoms with Crippen LogP contribution in [-0.4, -0.2) is 44.3 Å². The van der Waals surface area contributed by atoms with Crippen LogP contribution in [-0.2, 0) is 5.66 Å². The first kappa shape index (κ1) is 16.4. The highest BCUT2D eigenvalue weighted by Gasteiger charge is 2.59. The molecule has 1 atom stereocenters. The summed E-state index contributed by atoms with van der Waals surface area (Å²) in [5, 5.41) is 6.17. The van der Waals surface area contributed by atoms with Crippen molar-refractivity contribution in [3.05, 3.63) is 81.3 Å². The van der Waals surface area contributed by atoms with Crippen molar-refractivity contribution < 1.29 is 9.59 Å². The molecule has 1 unspecified atom stereocenters. The van der Waals surface area contributed by atoms with E-state index in [4.69, 9.17) is 11.6 Å². The van der Waals surface area contributed by atoms with Crippen molar-refractivity contribution in [1.82, 2.24) is 19.4 Å². The minimum Gasteiger partial charge on any atom is -0.306 e. The molecular weight excluding hydrogens is 384 g/mol. The molecule has 1 fully saturated rings. The lowest BCUT2D eigenvalue weighted by Crippen LogP contribution is -2.51. The van der Waals surface area contributed by atoms with E-state index in [2.05, 4.69) is 9.59 Å². The van der Waals surface area contributed by atoms with Crippen LogP contribution in [0.15, 0.2) is 53.9 Å². The van der Waals surface area contributed by atoms with Gasteiger partial charge in [-0.3, -0.25) is 9.59 Å². The quantitative estimate of drug-likeness (QED) is 0.667. The Morgan fingerprint density at radius 1 is 1.11 bits per heavy atom. The van der Waals surface area contributed by atoms with Gasteiger partial charge >= 0.3 is 0 Å². The Morgan fingerprint density at radius 3 is 2.63 bits per heavy atom. The van der Waals surface area contributed by atoms with E-state index in [9.17, 15) is 9.59 Å². The van der Waals surface area contributed by atoms with Crippen molar-refractivity contribution in [3.8, 4) is 0 Å². The van der Waals surface area contributed by atoms with Crippen LogP contribution in [0.3, 0.4) is 0 Å². The summed E-state index contributed by atoms with van der Waals surface area (Å²) >= 11 is 7.22. The molecule has 2 aliphatic rings. The predicted molar refractivity (Wildman–Crippen MR) is 101 cm³/mol. The van der Waals surface area contributed by atoms with Crippen molar-refractivity contribution >= 4 is 34.9 Å². The highest BCUT2D eigenvalue weighted by atomic mass is 35.5. The van der Waals surface area contributed by atoms with E-state index in [1.165, 1.54) is 0 Å². The second-order valence-electron chi connectivity index (χ2n) is 6.43. The molecular formula is C19H13ClN4O2S. The summed E-state index contributed by atoms with van der Waals surface area (Å²) in [7, 11) is 0. The summed E-state index contributed by atoms with van der Waals surface area (Å²) in [5.74, 6) is -0.321. The van der Waals surface area contributed by atoms with Crippen LogP contribution in [0.1, 0.15) is 32.0 Å². The summed E-state index contributed by atoms with van der Waals surface area (Å²) in [6.07, 6.45) is 0.